The Bertz CT molecular complexity index is 392. The van der Waals surface area contributed by atoms with Crippen molar-refractivity contribution >= 4 is 16.7 Å². The normalized spacial score (nSPS) is 10.6. The van der Waals surface area contributed by atoms with E-state index in [1.807, 2.05) is 19.1 Å². The summed E-state index contributed by atoms with van der Waals surface area (Å²) in [5, 5.41) is 4.63. The topological polar surface area (TPSA) is 52.0 Å². The molecule has 0 fully saturated rings. The number of nitrogen functional groups attached to an aromatic ring is 1. The van der Waals surface area contributed by atoms with E-state index in [-0.39, 0.29) is 0 Å². The molecule has 0 radical (unpaired) electrons. The molecule has 0 saturated heterocycles. The number of hydrogen-bond donors (Lipinski definition) is 1. The molecule has 2 N–H and O–H groups in total. The summed E-state index contributed by atoms with van der Waals surface area (Å²) in [6.07, 6.45) is 1.67. The zero-order valence-electron chi connectivity index (χ0n) is 6.16. The third-order valence-corrected chi connectivity index (χ3v) is 1.66. The minimum atomic E-state index is 0.748. The predicted octanol–water partition coefficient (Wildman–Crippen LogP) is 1.72. The van der Waals surface area contributed by atoms with Gasteiger partial charge in [-0.2, -0.15) is 0 Å². The van der Waals surface area contributed by atoms with Gasteiger partial charge in [-0.05, 0) is 24.6 Å². The van der Waals surface area contributed by atoms with Crippen LogP contribution in [-0.4, -0.2) is 5.16 Å². The summed E-state index contributed by atoms with van der Waals surface area (Å²) in [7, 11) is 0. The second-order valence-corrected chi connectivity index (χ2v) is 2.58. The standard InChI is InChI=1S/C8H8N2O/c1-5-2-7(9)3-6-4-10-11-8(5)6/h2-4H,9H2,1H3. The molecule has 0 spiro atoms. The molecule has 2 aromatic rings. The number of rotatable bonds is 0. The number of fused-ring (bicyclic) bond motifs is 1. The molecule has 1 aromatic carbocycles. The molecule has 3 nitrogen and oxygen atoms in total. The minimum absolute atomic E-state index is 0.748. The second kappa shape index (κ2) is 1.99. The summed E-state index contributed by atoms with van der Waals surface area (Å²) in [6.45, 7) is 1.95. The fraction of sp³-hybridized carbons (Fsp3) is 0.125. The monoisotopic (exact) mass is 148 g/mol. The Labute approximate surface area is 63.8 Å². The Balaban J connectivity index is 2.91. The van der Waals surface area contributed by atoms with Crippen LogP contribution in [0.3, 0.4) is 0 Å². The molecule has 3 heteroatoms. The molecule has 0 aliphatic carbocycles. The quantitative estimate of drug-likeness (QED) is 0.578. The Hall–Kier alpha value is -1.51. The van der Waals surface area contributed by atoms with Gasteiger partial charge in [0.15, 0.2) is 5.58 Å². The van der Waals surface area contributed by atoms with Gasteiger partial charge in [0.05, 0.1) is 6.20 Å². The Morgan fingerprint density at radius 3 is 3.09 bits per heavy atom. The highest BCUT2D eigenvalue weighted by Gasteiger charge is 2.01. The van der Waals surface area contributed by atoms with Crippen LogP contribution in [-0.2, 0) is 0 Å². The molecule has 0 unspecified atom stereocenters. The zero-order chi connectivity index (χ0) is 7.84. The summed E-state index contributed by atoms with van der Waals surface area (Å²) in [6, 6.07) is 3.71. The van der Waals surface area contributed by atoms with Crippen LogP contribution in [0.2, 0.25) is 0 Å². The molecule has 0 aliphatic rings. The van der Waals surface area contributed by atoms with Gasteiger partial charge < -0.3 is 10.3 Å². The van der Waals surface area contributed by atoms with Crippen molar-refractivity contribution in [2.75, 3.05) is 5.73 Å². The number of anilines is 1. The SMILES string of the molecule is Cc1cc(N)cc2cnoc12. The molecular weight excluding hydrogens is 140 g/mol. The third-order valence-electron chi connectivity index (χ3n) is 1.66. The first-order valence-electron chi connectivity index (χ1n) is 3.38. The van der Waals surface area contributed by atoms with E-state index in [4.69, 9.17) is 10.3 Å². The van der Waals surface area contributed by atoms with Gasteiger partial charge in [-0.3, -0.25) is 0 Å². The number of aromatic nitrogens is 1. The van der Waals surface area contributed by atoms with Crippen molar-refractivity contribution in [3.63, 3.8) is 0 Å². The lowest BCUT2D eigenvalue weighted by Gasteiger charge is -1.94. The average molecular weight is 148 g/mol. The fourth-order valence-corrected chi connectivity index (χ4v) is 1.19. The molecule has 0 amide bonds. The molecule has 0 saturated carbocycles. The maximum Gasteiger partial charge on any atom is 0.169 e. The molecule has 11 heavy (non-hydrogen) atoms. The molecule has 1 aromatic heterocycles. The van der Waals surface area contributed by atoms with Gasteiger partial charge in [-0.25, -0.2) is 0 Å². The van der Waals surface area contributed by atoms with Crippen molar-refractivity contribution in [1.82, 2.24) is 5.16 Å². The van der Waals surface area contributed by atoms with Crippen LogP contribution in [0.25, 0.3) is 11.0 Å². The lowest BCUT2D eigenvalue weighted by molar-refractivity contribution is 0.455. The van der Waals surface area contributed by atoms with Crippen molar-refractivity contribution in [1.29, 1.82) is 0 Å². The summed E-state index contributed by atoms with van der Waals surface area (Å²) in [5.41, 5.74) is 8.21. The summed E-state index contributed by atoms with van der Waals surface area (Å²) < 4.78 is 5.00. The van der Waals surface area contributed by atoms with Crippen molar-refractivity contribution in [3.05, 3.63) is 23.9 Å². The minimum Gasteiger partial charge on any atom is -0.399 e. The lowest BCUT2D eigenvalue weighted by Crippen LogP contribution is -1.84. The van der Waals surface area contributed by atoms with Crippen molar-refractivity contribution in [2.45, 2.75) is 6.92 Å². The molecule has 1 heterocycles. The van der Waals surface area contributed by atoms with Gasteiger partial charge in [-0.1, -0.05) is 5.16 Å². The summed E-state index contributed by atoms with van der Waals surface area (Å²) in [5.74, 6) is 0. The van der Waals surface area contributed by atoms with E-state index in [1.54, 1.807) is 6.20 Å². The Morgan fingerprint density at radius 1 is 1.45 bits per heavy atom. The van der Waals surface area contributed by atoms with E-state index >= 15 is 0 Å². The van der Waals surface area contributed by atoms with E-state index in [1.165, 1.54) is 0 Å². The highest BCUT2D eigenvalue weighted by atomic mass is 16.5. The zero-order valence-corrected chi connectivity index (χ0v) is 6.16. The van der Waals surface area contributed by atoms with Gasteiger partial charge in [0.25, 0.3) is 0 Å². The first-order valence-corrected chi connectivity index (χ1v) is 3.38. The molecule has 0 aliphatic heterocycles. The van der Waals surface area contributed by atoms with E-state index in [0.29, 0.717) is 0 Å². The van der Waals surface area contributed by atoms with E-state index in [2.05, 4.69) is 5.16 Å². The first-order chi connectivity index (χ1) is 5.27. The molecule has 2 rings (SSSR count). The fourth-order valence-electron chi connectivity index (χ4n) is 1.19. The van der Waals surface area contributed by atoms with Gasteiger partial charge in [0.1, 0.15) is 0 Å². The molecule has 56 valence electrons. The second-order valence-electron chi connectivity index (χ2n) is 2.58. The summed E-state index contributed by atoms with van der Waals surface area (Å²) in [4.78, 5) is 0. The highest BCUT2D eigenvalue weighted by molar-refractivity contribution is 5.82. The molecular formula is C8H8N2O. The van der Waals surface area contributed by atoms with Gasteiger partial charge in [0, 0.05) is 11.1 Å². The van der Waals surface area contributed by atoms with Crippen molar-refractivity contribution in [3.8, 4) is 0 Å². The average Bonchev–Trinajstić information content (AvgIpc) is 2.34. The lowest BCUT2D eigenvalue weighted by atomic mass is 10.1. The number of hydrogen-bond acceptors (Lipinski definition) is 3. The van der Waals surface area contributed by atoms with E-state index < -0.39 is 0 Å². The predicted molar refractivity (Wildman–Crippen MR) is 43.2 cm³/mol. The highest BCUT2D eigenvalue weighted by Crippen LogP contribution is 2.20. The first kappa shape index (κ1) is 6.22. The van der Waals surface area contributed by atoms with Crippen LogP contribution in [0.5, 0.6) is 0 Å². The van der Waals surface area contributed by atoms with Crippen LogP contribution in [0.15, 0.2) is 22.9 Å². The molecule has 0 bridgehead atoms. The molecule has 0 atom stereocenters. The number of benzene rings is 1. The van der Waals surface area contributed by atoms with Crippen LogP contribution < -0.4 is 5.73 Å². The largest absolute Gasteiger partial charge is 0.399 e. The number of aryl methyl sites for hydroxylation is 1. The Morgan fingerprint density at radius 2 is 2.27 bits per heavy atom. The van der Waals surface area contributed by atoms with Gasteiger partial charge in [-0.15, -0.1) is 0 Å². The van der Waals surface area contributed by atoms with E-state index in [0.717, 1.165) is 22.2 Å². The maximum atomic E-state index is 5.61. The number of nitrogens with two attached hydrogens (primary N) is 1. The van der Waals surface area contributed by atoms with Crippen LogP contribution in [0, 0.1) is 6.92 Å². The van der Waals surface area contributed by atoms with Crippen molar-refractivity contribution in [2.24, 2.45) is 0 Å². The van der Waals surface area contributed by atoms with Gasteiger partial charge in [0.2, 0.25) is 0 Å². The van der Waals surface area contributed by atoms with Crippen LogP contribution in [0.1, 0.15) is 5.56 Å². The summed E-state index contributed by atoms with van der Waals surface area (Å²) >= 11 is 0. The maximum absolute atomic E-state index is 5.61. The number of nitrogens with zero attached hydrogens (tertiary/aromatic N) is 1. The smallest absolute Gasteiger partial charge is 0.169 e. The van der Waals surface area contributed by atoms with E-state index in [9.17, 15) is 0 Å². The van der Waals surface area contributed by atoms with Gasteiger partial charge >= 0.3 is 0 Å². The van der Waals surface area contributed by atoms with Crippen LogP contribution >= 0.6 is 0 Å². The third kappa shape index (κ3) is 0.852. The Kier molecular flexibility index (Phi) is 1.12. The van der Waals surface area contributed by atoms with Crippen molar-refractivity contribution < 1.29 is 4.52 Å². The van der Waals surface area contributed by atoms with Crippen LogP contribution in [0.4, 0.5) is 5.69 Å².